The van der Waals surface area contributed by atoms with E-state index in [1.165, 1.54) is 6.07 Å². The van der Waals surface area contributed by atoms with Gasteiger partial charge in [0, 0.05) is 18.2 Å². The van der Waals surface area contributed by atoms with Gasteiger partial charge in [-0.3, -0.25) is 4.79 Å². The summed E-state index contributed by atoms with van der Waals surface area (Å²) in [4.78, 5) is 11.7. The van der Waals surface area contributed by atoms with Crippen molar-refractivity contribution in [2.24, 2.45) is 0 Å². The fraction of sp³-hybridized carbons (Fsp3) is 0.364. The second-order valence-electron chi connectivity index (χ2n) is 3.71. The monoisotopic (exact) mass is 206 g/mol. The first kappa shape index (κ1) is 9.98. The molecule has 1 unspecified atom stereocenters. The Balaban J connectivity index is 2.01. The van der Waals surface area contributed by atoms with Gasteiger partial charge in [-0.1, -0.05) is 6.07 Å². The molecule has 1 atom stereocenters. The molecule has 1 fully saturated rings. The summed E-state index contributed by atoms with van der Waals surface area (Å²) in [5, 5.41) is 15.3. The molecule has 15 heavy (non-hydrogen) atoms. The Labute approximate surface area is 88.3 Å². The van der Waals surface area contributed by atoms with Crippen LogP contribution in [0.2, 0.25) is 0 Å². The van der Waals surface area contributed by atoms with Crippen LogP contribution in [0.25, 0.3) is 0 Å². The van der Waals surface area contributed by atoms with Crippen molar-refractivity contribution in [3.05, 3.63) is 29.8 Å². The minimum Gasteiger partial charge on any atom is -0.508 e. The lowest BCUT2D eigenvalue weighted by Gasteiger charge is -2.11. The van der Waals surface area contributed by atoms with Crippen molar-refractivity contribution in [2.45, 2.75) is 12.5 Å². The Hall–Kier alpha value is -1.55. The first-order chi connectivity index (χ1) is 7.25. The van der Waals surface area contributed by atoms with Gasteiger partial charge in [-0.05, 0) is 31.2 Å². The summed E-state index contributed by atoms with van der Waals surface area (Å²) < 4.78 is 0. The number of phenolic OH excluding ortho intramolecular Hbond substituents is 1. The van der Waals surface area contributed by atoms with Gasteiger partial charge in [0.25, 0.3) is 5.91 Å². The van der Waals surface area contributed by atoms with Crippen molar-refractivity contribution >= 4 is 5.91 Å². The molecule has 1 aromatic carbocycles. The van der Waals surface area contributed by atoms with Crippen LogP contribution in [0.1, 0.15) is 16.8 Å². The number of hydrogen-bond acceptors (Lipinski definition) is 3. The van der Waals surface area contributed by atoms with Crippen LogP contribution in [-0.4, -0.2) is 30.1 Å². The molecule has 1 saturated heterocycles. The van der Waals surface area contributed by atoms with E-state index >= 15 is 0 Å². The van der Waals surface area contributed by atoms with Crippen LogP contribution >= 0.6 is 0 Å². The molecule has 0 bridgehead atoms. The van der Waals surface area contributed by atoms with Gasteiger partial charge < -0.3 is 15.7 Å². The molecule has 1 aliphatic rings. The van der Waals surface area contributed by atoms with E-state index in [1.807, 2.05) is 0 Å². The molecule has 2 rings (SSSR count). The summed E-state index contributed by atoms with van der Waals surface area (Å²) in [5.41, 5.74) is 0.502. The molecular formula is C11H14N2O2. The maximum absolute atomic E-state index is 11.7. The number of rotatable bonds is 2. The lowest BCUT2D eigenvalue weighted by molar-refractivity contribution is 0.0939. The third-order valence-corrected chi connectivity index (χ3v) is 2.50. The van der Waals surface area contributed by atoms with Gasteiger partial charge in [-0.2, -0.15) is 0 Å². The number of phenols is 1. The predicted molar refractivity (Wildman–Crippen MR) is 56.8 cm³/mol. The molecule has 0 saturated carbocycles. The number of amides is 1. The molecular weight excluding hydrogens is 192 g/mol. The summed E-state index contributed by atoms with van der Waals surface area (Å²) in [5.74, 6) is -0.00760. The number of benzene rings is 1. The lowest BCUT2D eigenvalue weighted by atomic mass is 10.2. The van der Waals surface area contributed by atoms with Crippen LogP contribution < -0.4 is 10.6 Å². The zero-order chi connectivity index (χ0) is 10.7. The molecule has 4 heteroatoms. The van der Waals surface area contributed by atoms with Gasteiger partial charge in [0.15, 0.2) is 0 Å². The molecule has 1 amide bonds. The van der Waals surface area contributed by atoms with Crippen molar-refractivity contribution in [1.82, 2.24) is 10.6 Å². The van der Waals surface area contributed by atoms with Crippen LogP contribution in [0.4, 0.5) is 0 Å². The molecule has 0 spiro atoms. The van der Waals surface area contributed by atoms with E-state index in [1.54, 1.807) is 18.2 Å². The molecule has 4 nitrogen and oxygen atoms in total. The maximum Gasteiger partial charge on any atom is 0.251 e. The summed E-state index contributed by atoms with van der Waals surface area (Å²) >= 11 is 0. The predicted octanol–water partition coefficient (Wildman–Crippen LogP) is 0.484. The molecule has 0 aliphatic carbocycles. The zero-order valence-electron chi connectivity index (χ0n) is 8.36. The zero-order valence-corrected chi connectivity index (χ0v) is 8.36. The van der Waals surface area contributed by atoms with E-state index in [0.717, 1.165) is 19.5 Å². The first-order valence-corrected chi connectivity index (χ1v) is 5.06. The summed E-state index contributed by atoms with van der Waals surface area (Å²) in [7, 11) is 0. The highest BCUT2D eigenvalue weighted by Gasteiger charge is 2.17. The molecule has 1 aromatic rings. The van der Waals surface area contributed by atoms with Gasteiger partial charge in [0.05, 0.1) is 0 Å². The van der Waals surface area contributed by atoms with Gasteiger partial charge in [0.2, 0.25) is 0 Å². The van der Waals surface area contributed by atoms with Crippen LogP contribution in [0.15, 0.2) is 24.3 Å². The van der Waals surface area contributed by atoms with E-state index in [9.17, 15) is 9.90 Å². The standard InChI is InChI=1S/C11H14N2O2/c14-10-3-1-2-8(6-10)11(15)13-9-4-5-12-7-9/h1-3,6,9,12,14H,4-5,7H2,(H,13,15). The second-order valence-corrected chi connectivity index (χ2v) is 3.71. The quantitative estimate of drug-likeness (QED) is 0.659. The van der Waals surface area contributed by atoms with E-state index < -0.39 is 0 Å². The van der Waals surface area contributed by atoms with Gasteiger partial charge in [-0.15, -0.1) is 0 Å². The normalized spacial score (nSPS) is 20.1. The Kier molecular flexibility index (Phi) is 2.87. The largest absolute Gasteiger partial charge is 0.508 e. The molecule has 0 aromatic heterocycles. The van der Waals surface area contributed by atoms with Crippen LogP contribution in [0.5, 0.6) is 5.75 Å². The second kappa shape index (κ2) is 4.31. The van der Waals surface area contributed by atoms with Crippen molar-refractivity contribution in [3.63, 3.8) is 0 Å². The summed E-state index contributed by atoms with van der Waals surface area (Å²) in [6, 6.07) is 6.58. The highest BCUT2D eigenvalue weighted by molar-refractivity contribution is 5.94. The summed E-state index contributed by atoms with van der Waals surface area (Å²) in [6.07, 6.45) is 0.963. The molecule has 80 valence electrons. The Morgan fingerprint density at radius 2 is 2.40 bits per heavy atom. The number of carbonyl (C=O) groups excluding carboxylic acids is 1. The summed E-state index contributed by atoms with van der Waals surface area (Å²) in [6.45, 7) is 1.77. The van der Waals surface area contributed by atoms with Crippen molar-refractivity contribution < 1.29 is 9.90 Å². The Morgan fingerprint density at radius 3 is 3.07 bits per heavy atom. The van der Waals surface area contributed by atoms with Crippen molar-refractivity contribution in [2.75, 3.05) is 13.1 Å². The third kappa shape index (κ3) is 2.47. The SMILES string of the molecule is O=C(NC1CCNC1)c1cccc(O)c1. The van der Waals surface area contributed by atoms with E-state index in [4.69, 9.17) is 0 Å². The maximum atomic E-state index is 11.7. The smallest absolute Gasteiger partial charge is 0.251 e. The van der Waals surface area contributed by atoms with E-state index in [2.05, 4.69) is 10.6 Å². The average molecular weight is 206 g/mol. The first-order valence-electron chi connectivity index (χ1n) is 5.06. The van der Waals surface area contributed by atoms with Gasteiger partial charge >= 0.3 is 0 Å². The number of nitrogens with one attached hydrogen (secondary N) is 2. The number of aromatic hydroxyl groups is 1. The van der Waals surface area contributed by atoms with Crippen LogP contribution in [0.3, 0.4) is 0 Å². The third-order valence-electron chi connectivity index (χ3n) is 2.50. The average Bonchev–Trinajstić information content (AvgIpc) is 2.70. The molecule has 3 N–H and O–H groups in total. The van der Waals surface area contributed by atoms with Crippen molar-refractivity contribution in [1.29, 1.82) is 0 Å². The van der Waals surface area contributed by atoms with Gasteiger partial charge in [0.1, 0.15) is 5.75 Å². The minimum atomic E-state index is -0.125. The molecule has 1 heterocycles. The number of carbonyl (C=O) groups is 1. The number of hydrogen-bond donors (Lipinski definition) is 3. The van der Waals surface area contributed by atoms with Crippen molar-refractivity contribution in [3.8, 4) is 5.75 Å². The van der Waals surface area contributed by atoms with E-state index in [0.29, 0.717) is 5.56 Å². The molecule has 1 aliphatic heterocycles. The lowest BCUT2D eigenvalue weighted by Crippen LogP contribution is -2.36. The minimum absolute atomic E-state index is 0.118. The van der Waals surface area contributed by atoms with Crippen LogP contribution in [-0.2, 0) is 0 Å². The Bertz CT molecular complexity index is 359. The highest BCUT2D eigenvalue weighted by atomic mass is 16.3. The topological polar surface area (TPSA) is 61.4 Å². The van der Waals surface area contributed by atoms with Crippen LogP contribution in [0, 0.1) is 0 Å². The fourth-order valence-corrected chi connectivity index (χ4v) is 1.69. The van der Waals surface area contributed by atoms with E-state index in [-0.39, 0.29) is 17.7 Å². The Morgan fingerprint density at radius 1 is 1.53 bits per heavy atom. The highest BCUT2D eigenvalue weighted by Crippen LogP contribution is 2.11. The fourth-order valence-electron chi connectivity index (χ4n) is 1.69. The molecule has 0 radical (unpaired) electrons. The van der Waals surface area contributed by atoms with Gasteiger partial charge in [-0.25, -0.2) is 0 Å².